The summed E-state index contributed by atoms with van der Waals surface area (Å²) >= 11 is 3.08. The van der Waals surface area contributed by atoms with Crippen molar-refractivity contribution >= 4 is 58.6 Å². The Kier molecular flexibility index (Phi) is 6.45. The molecule has 0 aliphatic heterocycles. The third-order valence-corrected chi connectivity index (χ3v) is 7.23. The van der Waals surface area contributed by atoms with E-state index in [0.29, 0.717) is 5.69 Å². The van der Waals surface area contributed by atoms with Crippen molar-refractivity contribution in [2.75, 3.05) is 11.0 Å². The van der Waals surface area contributed by atoms with Crippen molar-refractivity contribution in [1.82, 2.24) is 4.98 Å². The largest absolute Gasteiger partial charge is 0.284 e. The molecule has 0 atom stereocenters. The van der Waals surface area contributed by atoms with Crippen LogP contribution in [-0.4, -0.2) is 19.7 Å². The van der Waals surface area contributed by atoms with Gasteiger partial charge in [0.15, 0.2) is 0 Å². The molecule has 4 rings (SSSR count). The average Bonchev–Trinajstić information content (AvgIpc) is 3.30. The number of aromatic nitrogens is 1. The zero-order valence-electron chi connectivity index (χ0n) is 17.2. The summed E-state index contributed by atoms with van der Waals surface area (Å²) in [6.07, 6.45) is 4.62. The molecular formula is C22H22N4O2S3. The first-order valence-electron chi connectivity index (χ1n) is 9.89. The first kappa shape index (κ1) is 21.6. The highest BCUT2D eigenvalue weighted by Gasteiger charge is 2.11. The molecule has 1 N–H and O–H groups in total. The highest BCUT2D eigenvalue weighted by molar-refractivity contribution is 7.92. The molecule has 160 valence electrons. The predicted octanol–water partition coefficient (Wildman–Crippen LogP) is 7.15. The number of fused-ring (bicyclic) bond motifs is 1. The maximum atomic E-state index is 11.3. The van der Waals surface area contributed by atoms with E-state index in [1.807, 2.05) is 30.3 Å². The number of rotatable bonds is 8. The summed E-state index contributed by atoms with van der Waals surface area (Å²) in [5.74, 6) is 0. The van der Waals surface area contributed by atoms with Gasteiger partial charge in [-0.2, -0.15) is 0 Å². The fourth-order valence-corrected chi connectivity index (χ4v) is 5.61. The fourth-order valence-electron chi connectivity index (χ4n) is 3.01. The van der Waals surface area contributed by atoms with E-state index in [2.05, 4.69) is 34.0 Å². The lowest BCUT2D eigenvalue weighted by Crippen LogP contribution is -2.09. The van der Waals surface area contributed by atoms with Crippen LogP contribution in [0.2, 0.25) is 0 Å². The summed E-state index contributed by atoms with van der Waals surface area (Å²) in [6, 6.07) is 17.4. The van der Waals surface area contributed by atoms with Crippen molar-refractivity contribution in [3.8, 4) is 10.6 Å². The molecule has 0 spiro atoms. The molecule has 4 aromatic rings. The monoisotopic (exact) mass is 470 g/mol. The minimum Gasteiger partial charge on any atom is -0.284 e. The molecule has 0 saturated carbocycles. The minimum atomic E-state index is -3.28. The number of azo groups is 1. The lowest BCUT2D eigenvalue weighted by atomic mass is 10.1. The van der Waals surface area contributed by atoms with E-state index in [1.165, 1.54) is 29.7 Å². The topological polar surface area (TPSA) is 83.8 Å². The van der Waals surface area contributed by atoms with Crippen LogP contribution in [0.5, 0.6) is 0 Å². The van der Waals surface area contributed by atoms with Crippen LogP contribution < -0.4 is 4.72 Å². The van der Waals surface area contributed by atoms with Gasteiger partial charge in [-0.3, -0.25) is 4.72 Å². The van der Waals surface area contributed by atoms with E-state index in [4.69, 9.17) is 4.98 Å². The smallest absolute Gasteiger partial charge is 0.229 e. The standard InChI is InChI=1S/C22H22N4O2S3/c1-3-4-5-15-6-10-17(11-7-15)24-25-20-14-19-22(30-20)23-21(29-19)16-8-12-18(13-9-16)26-31(2,27)28/h6-14,26H,3-5H2,1-2H3. The quantitative estimate of drug-likeness (QED) is 0.277. The van der Waals surface area contributed by atoms with E-state index >= 15 is 0 Å². The van der Waals surface area contributed by atoms with Crippen molar-refractivity contribution in [3.05, 3.63) is 60.2 Å². The first-order valence-corrected chi connectivity index (χ1v) is 13.4. The van der Waals surface area contributed by atoms with Crippen molar-refractivity contribution in [1.29, 1.82) is 0 Å². The molecule has 0 aliphatic carbocycles. The maximum absolute atomic E-state index is 11.3. The van der Waals surface area contributed by atoms with Gasteiger partial charge in [-0.25, -0.2) is 13.4 Å². The number of unbranched alkanes of at least 4 members (excludes halogenated alkanes) is 1. The lowest BCUT2D eigenvalue weighted by Gasteiger charge is -2.03. The van der Waals surface area contributed by atoms with Crippen LogP contribution in [0.15, 0.2) is 64.8 Å². The van der Waals surface area contributed by atoms with Gasteiger partial charge in [-0.1, -0.05) is 36.8 Å². The van der Waals surface area contributed by atoms with E-state index in [9.17, 15) is 8.42 Å². The van der Waals surface area contributed by atoms with Gasteiger partial charge in [-0.15, -0.1) is 21.6 Å². The SMILES string of the molecule is CCCCc1ccc(N=Nc2cc3sc(-c4ccc(NS(C)(=O)=O)cc4)nc3s2)cc1. The van der Waals surface area contributed by atoms with Gasteiger partial charge in [-0.05, 0) is 60.9 Å². The molecule has 0 unspecified atom stereocenters. The number of thiophene rings is 1. The number of benzene rings is 2. The molecule has 0 radical (unpaired) electrons. The second-order valence-electron chi connectivity index (χ2n) is 7.19. The van der Waals surface area contributed by atoms with Crippen molar-refractivity contribution in [3.63, 3.8) is 0 Å². The first-order chi connectivity index (χ1) is 14.9. The molecule has 31 heavy (non-hydrogen) atoms. The Morgan fingerprint density at radius 1 is 1.00 bits per heavy atom. The van der Waals surface area contributed by atoms with Gasteiger partial charge >= 0.3 is 0 Å². The van der Waals surface area contributed by atoms with Gasteiger partial charge in [0.25, 0.3) is 0 Å². The number of hydrogen-bond acceptors (Lipinski definition) is 7. The number of aryl methyl sites for hydroxylation is 1. The van der Waals surface area contributed by atoms with Crippen LogP contribution >= 0.6 is 22.7 Å². The van der Waals surface area contributed by atoms with E-state index in [0.717, 1.165) is 43.5 Å². The van der Waals surface area contributed by atoms with Crippen LogP contribution in [0.3, 0.4) is 0 Å². The van der Waals surface area contributed by atoms with E-state index < -0.39 is 10.0 Å². The van der Waals surface area contributed by atoms with Crippen LogP contribution in [0.1, 0.15) is 25.3 Å². The molecule has 2 aromatic carbocycles. The van der Waals surface area contributed by atoms with Crippen molar-refractivity contribution in [2.24, 2.45) is 10.2 Å². The average molecular weight is 471 g/mol. The second kappa shape index (κ2) is 9.25. The van der Waals surface area contributed by atoms with Gasteiger partial charge in [0.05, 0.1) is 16.6 Å². The Balaban J connectivity index is 1.45. The normalized spacial score (nSPS) is 12.1. The molecule has 0 fully saturated rings. The Hall–Kier alpha value is -2.62. The van der Waals surface area contributed by atoms with Crippen LogP contribution in [0.4, 0.5) is 16.4 Å². The van der Waals surface area contributed by atoms with Crippen LogP contribution in [-0.2, 0) is 16.4 Å². The van der Waals surface area contributed by atoms with Crippen LogP contribution in [0, 0.1) is 0 Å². The molecule has 0 bridgehead atoms. The lowest BCUT2D eigenvalue weighted by molar-refractivity contribution is 0.607. The fraction of sp³-hybridized carbons (Fsp3) is 0.227. The summed E-state index contributed by atoms with van der Waals surface area (Å²) in [5.41, 5.74) is 3.65. The molecule has 0 amide bonds. The maximum Gasteiger partial charge on any atom is 0.229 e. The third-order valence-electron chi connectivity index (χ3n) is 4.53. The molecule has 6 nitrogen and oxygen atoms in total. The van der Waals surface area contributed by atoms with E-state index in [1.54, 1.807) is 23.5 Å². The van der Waals surface area contributed by atoms with Gasteiger partial charge in [0, 0.05) is 11.3 Å². The zero-order chi connectivity index (χ0) is 21.8. The summed E-state index contributed by atoms with van der Waals surface area (Å²) in [5, 5.41) is 10.4. The number of nitrogens with zero attached hydrogens (tertiary/aromatic N) is 3. The predicted molar refractivity (Wildman–Crippen MR) is 131 cm³/mol. The number of nitrogens with one attached hydrogen (secondary N) is 1. The molecule has 0 aliphatic rings. The van der Waals surface area contributed by atoms with Crippen molar-refractivity contribution in [2.45, 2.75) is 26.2 Å². The molecule has 0 saturated heterocycles. The molecule has 2 aromatic heterocycles. The Morgan fingerprint density at radius 2 is 1.74 bits per heavy atom. The van der Waals surface area contributed by atoms with Crippen molar-refractivity contribution < 1.29 is 8.42 Å². The summed E-state index contributed by atoms with van der Waals surface area (Å²) < 4.78 is 26.2. The number of sulfonamides is 1. The highest BCUT2D eigenvalue weighted by atomic mass is 32.2. The molecular weight excluding hydrogens is 448 g/mol. The zero-order valence-corrected chi connectivity index (χ0v) is 19.6. The number of hydrogen-bond donors (Lipinski definition) is 1. The molecule has 9 heteroatoms. The second-order valence-corrected chi connectivity index (χ2v) is 11.0. The Morgan fingerprint density at radius 3 is 2.39 bits per heavy atom. The number of anilines is 1. The van der Waals surface area contributed by atoms with E-state index in [-0.39, 0.29) is 0 Å². The Labute approximate surface area is 189 Å². The summed E-state index contributed by atoms with van der Waals surface area (Å²) in [6.45, 7) is 2.20. The highest BCUT2D eigenvalue weighted by Crippen LogP contribution is 2.39. The molecule has 2 heterocycles. The Bertz CT molecular complexity index is 1270. The van der Waals surface area contributed by atoms with Gasteiger partial charge < -0.3 is 0 Å². The third kappa shape index (κ3) is 5.75. The number of thiazole rings is 1. The minimum absolute atomic E-state index is 0.533. The van der Waals surface area contributed by atoms with Gasteiger partial charge in [0.2, 0.25) is 10.0 Å². The van der Waals surface area contributed by atoms with Crippen LogP contribution in [0.25, 0.3) is 20.1 Å². The summed E-state index contributed by atoms with van der Waals surface area (Å²) in [7, 11) is -3.28. The summed E-state index contributed by atoms with van der Waals surface area (Å²) in [4.78, 5) is 5.62. The van der Waals surface area contributed by atoms with Gasteiger partial charge in [0.1, 0.15) is 14.8 Å².